The molecule has 2 nitrogen and oxygen atoms in total. The number of hydrogen-bond acceptors (Lipinski definition) is 2. The highest BCUT2D eigenvalue weighted by Crippen LogP contribution is 2.30. The maximum Gasteiger partial charge on any atom is 0.0712 e. The molecule has 1 aliphatic heterocycles. The SMILES string of the molecule is CCC(O)CN1c2ccccc2CCC1C. The van der Waals surface area contributed by atoms with E-state index >= 15 is 0 Å². The molecule has 16 heavy (non-hydrogen) atoms. The summed E-state index contributed by atoms with van der Waals surface area (Å²) in [5.74, 6) is 0. The van der Waals surface area contributed by atoms with Gasteiger partial charge in [-0.25, -0.2) is 0 Å². The van der Waals surface area contributed by atoms with Crippen molar-refractivity contribution in [3.8, 4) is 0 Å². The fraction of sp³-hybridized carbons (Fsp3) is 0.571. The molecule has 2 unspecified atom stereocenters. The predicted molar refractivity (Wildman–Crippen MR) is 67.9 cm³/mol. The zero-order valence-corrected chi connectivity index (χ0v) is 10.2. The maximum absolute atomic E-state index is 9.81. The van der Waals surface area contributed by atoms with Gasteiger partial charge in [0.1, 0.15) is 0 Å². The van der Waals surface area contributed by atoms with E-state index in [1.807, 2.05) is 6.92 Å². The van der Waals surface area contributed by atoms with Crippen LogP contribution in [0.3, 0.4) is 0 Å². The zero-order chi connectivity index (χ0) is 11.5. The van der Waals surface area contributed by atoms with Crippen LogP contribution in [0.4, 0.5) is 5.69 Å². The smallest absolute Gasteiger partial charge is 0.0712 e. The molecule has 2 atom stereocenters. The second-order valence-electron chi connectivity index (χ2n) is 4.73. The molecule has 0 aliphatic carbocycles. The van der Waals surface area contributed by atoms with Gasteiger partial charge < -0.3 is 10.0 Å². The first-order valence-electron chi connectivity index (χ1n) is 6.25. The maximum atomic E-state index is 9.81. The highest BCUT2D eigenvalue weighted by molar-refractivity contribution is 5.56. The molecule has 1 aromatic carbocycles. The molecule has 0 bridgehead atoms. The molecule has 88 valence electrons. The average molecular weight is 219 g/mol. The van der Waals surface area contributed by atoms with E-state index in [0.717, 1.165) is 19.4 Å². The minimum Gasteiger partial charge on any atom is -0.391 e. The van der Waals surface area contributed by atoms with E-state index in [1.54, 1.807) is 0 Å². The molecule has 2 rings (SSSR count). The van der Waals surface area contributed by atoms with Gasteiger partial charge >= 0.3 is 0 Å². The molecule has 1 N–H and O–H groups in total. The predicted octanol–water partition coefficient (Wildman–Crippen LogP) is 2.60. The van der Waals surface area contributed by atoms with Crippen molar-refractivity contribution in [1.29, 1.82) is 0 Å². The van der Waals surface area contributed by atoms with E-state index in [2.05, 4.69) is 36.1 Å². The van der Waals surface area contributed by atoms with Crippen LogP contribution in [0.2, 0.25) is 0 Å². The normalized spacial score (nSPS) is 21.7. The Bertz CT molecular complexity index is 350. The summed E-state index contributed by atoms with van der Waals surface area (Å²) in [6, 6.07) is 9.10. The number of aliphatic hydroxyl groups excluding tert-OH is 1. The number of nitrogens with zero attached hydrogens (tertiary/aromatic N) is 1. The first kappa shape index (κ1) is 11.5. The van der Waals surface area contributed by atoms with E-state index in [1.165, 1.54) is 17.7 Å². The minimum absolute atomic E-state index is 0.214. The van der Waals surface area contributed by atoms with Crippen molar-refractivity contribution in [3.05, 3.63) is 29.8 Å². The van der Waals surface area contributed by atoms with Gasteiger partial charge in [-0.05, 0) is 37.8 Å². The van der Waals surface area contributed by atoms with Crippen molar-refractivity contribution in [3.63, 3.8) is 0 Å². The molecule has 1 aliphatic rings. The number of rotatable bonds is 3. The van der Waals surface area contributed by atoms with E-state index < -0.39 is 0 Å². The van der Waals surface area contributed by atoms with Crippen LogP contribution in [0, 0.1) is 0 Å². The number of aliphatic hydroxyl groups is 1. The summed E-state index contributed by atoms with van der Waals surface area (Å²) in [5.41, 5.74) is 2.73. The quantitative estimate of drug-likeness (QED) is 0.844. The third-order valence-corrected chi connectivity index (χ3v) is 3.54. The molecule has 2 heteroatoms. The van der Waals surface area contributed by atoms with Gasteiger partial charge in [-0.1, -0.05) is 25.1 Å². The number of fused-ring (bicyclic) bond motifs is 1. The summed E-state index contributed by atoms with van der Waals surface area (Å²) < 4.78 is 0. The third kappa shape index (κ3) is 2.22. The summed E-state index contributed by atoms with van der Waals surface area (Å²) in [5, 5.41) is 9.81. The number of β-amino-alcohol motifs (C(OH)–C–C–N with tert-alkyl or cyclic N) is 1. The van der Waals surface area contributed by atoms with Gasteiger partial charge in [0.05, 0.1) is 6.10 Å². The van der Waals surface area contributed by atoms with Crippen LogP contribution in [-0.4, -0.2) is 23.8 Å². The van der Waals surface area contributed by atoms with Crippen molar-refractivity contribution in [1.82, 2.24) is 0 Å². The van der Waals surface area contributed by atoms with Crippen LogP contribution in [0.5, 0.6) is 0 Å². The number of aryl methyl sites for hydroxylation is 1. The van der Waals surface area contributed by atoms with Crippen LogP contribution in [0.25, 0.3) is 0 Å². The Balaban J connectivity index is 2.22. The lowest BCUT2D eigenvalue weighted by Crippen LogP contribution is -2.42. The van der Waals surface area contributed by atoms with Crippen molar-refractivity contribution < 1.29 is 5.11 Å². The van der Waals surface area contributed by atoms with E-state index in [4.69, 9.17) is 0 Å². The van der Waals surface area contributed by atoms with Crippen LogP contribution in [-0.2, 0) is 6.42 Å². The molecule has 0 spiro atoms. The summed E-state index contributed by atoms with van der Waals surface area (Å²) in [6.07, 6.45) is 2.96. The van der Waals surface area contributed by atoms with Gasteiger partial charge in [-0.2, -0.15) is 0 Å². The summed E-state index contributed by atoms with van der Waals surface area (Å²) in [4.78, 5) is 2.35. The van der Waals surface area contributed by atoms with Crippen LogP contribution >= 0.6 is 0 Å². The first-order chi connectivity index (χ1) is 7.72. The van der Waals surface area contributed by atoms with Gasteiger partial charge in [0.25, 0.3) is 0 Å². The Labute approximate surface area is 97.9 Å². The summed E-state index contributed by atoms with van der Waals surface area (Å²) >= 11 is 0. The minimum atomic E-state index is -0.214. The van der Waals surface area contributed by atoms with Gasteiger partial charge in [-0.15, -0.1) is 0 Å². The second kappa shape index (κ2) is 4.88. The Hall–Kier alpha value is -1.02. The van der Waals surface area contributed by atoms with E-state index in [-0.39, 0.29) is 6.10 Å². The fourth-order valence-corrected chi connectivity index (χ4v) is 2.39. The van der Waals surface area contributed by atoms with Crippen molar-refractivity contribution in [2.75, 3.05) is 11.4 Å². The fourth-order valence-electron chi connectivity index (χ4n) is 2.39. The van der Waals surface area contributed by atoms with Gasteiger partial charge in [0.2, 0.25) is 0 Å². The van der Waals surface area contributed by atoms with E-state index in [0.29, 0.717) is 6.04 Å². The second-order valence-corrected chi connectivity index (χ2v) is 4.73. The molecular formula is C14H21NO. The molecular weight excluding hydrogens is 198 g/mol. The molecule has 0 radical (unpaired) electrons. The standard InChI is InChI=1S/C14H21NO/c1-3-13(16)10-15-11(2)8-9-12-6-4-5-7-14(12)15/h4-7,11,13,16H,3,8-10H2,1-2H3. The molecule has 1 heterocycles. The van der Waals surface area contributed by atoms with Crippen LogP contribution < -0.4 is 4.90 Å². The Morgan fingerprint density at radius 2 is 2.19 bits per heavy atom. The van der Waals surface area contributed by atoms with Gasteiger partial charge in [-0.3, -0.25) is 0 Å². The number of anilines is 1. The van der Waals surface area contributed by atoms with Gasteiger partial charge in [0.15, 0.2) is 0 Å². The molecule has 0 amide bonds. The molecule has 0 saturated heterocycles. The Kier molecular flexibility index (Phi) is 3.49. The number of hydrogen-bond donors (Lipinski definition) is 1. The van der Waals surface area contributed by atoms with Crippen LogP contribution in [0.15, 0.2) is 24.3 Å². The lowest BCUT2D eigenvalue weighted by atomic mass is 9.96. The first-order valence-corrected chi connectivity index (χ1v) is 6.25. The van der Waals surface area contributed by atoms with Crippen LogP contribution in [0.1, 0.15) is 32.3 Å². The molecule has 0 saturated carbocycles. The lowest BCUT2D eigenvalue weighted by Gasteiger charge is -2.38. The van der Waals surface area contributed by atoms with Crippen molar-refractivity contribution in [2.24, 2.45) is 0 Å². The van der Waals surface area contributed by atoms with Gasteiger partial charge in [0, 0.05) is 18.3 Å². The highest BCUT2D eigenvalue weighted by Gasteiger charge is 2.23. The van der Waals surface area contributed by atoms with Crippen molar-refractivity contribution in [2.45, 2.75) is 45.3 Å². The molecule has 0 fully saturated rings. The topological polar surface area (TPSA) is 23.5 Å². The molecule has 0 aromatic heterocycles. The average Bonchev–Trinajstić information content (AvgIpc) is 2.32. The summed E-state index contributed by atoms with van der Waals surface area (Å²) in [7, 11) is 0. The Morgan fingerprint density at radius 1 is 1.44 bits per heavy atom. The van der Waals surface area contributed by atoms with E-state index in [9.17, 15) is 5.11 Å². The number of para-hydroxylation sites is 1. The lowest BCUT2D eigenvalue weighted by molar-refractivity contribution is 0.172. The van der Waals surface area contributed by atoms with Crippen molar-refractivity contribution >= 4 is 5.69 Å². The monoisotopic (exact) mass is 219 g/mol. The molecule has 1 aromatic rings. The largest absolute Gasteiger partial charge is 0.391 e. The number of benzene rings is 1. The third-order valence-electron chi connectivity index (χ3n) is 3.54. The highest BCUT2D eigenvalue weighted by atomic mass is 16.3. The summed E-state index contributed by atoms with van der Waals surface area (Å²) in [6.45, 7) is 5.04. The zero-order valence-electron chi connectivity index (χ0n) is 10.2. The Morgan fingerprint density at radius 3 is 2.94 bits per heavy atom.